The van der Waals surface area contributed by atoms with Crippen LogP contribution in [0.2, 0.25) is 0 Å². The molecule has 0 aromatic heterocycles. The van der Waals surface area contributed by atoms with E-state index in [0.717, 1.165) is 33.4 Å². The standard InChI is InChI=1S/C32H28O5S/c33-38(34,35)37-25-24-36-32-23-20-29(19-16-26-10-4-1-5-11-26)30(21-17-27-12-6-2-7-13-27)31(32)22-18-28-14-8-3-9-15-28/h1-23H,24-25H2,(H,33,34,35). The molecule has 0 aliphatic rings. The molecular weight excluding hydrogens is 496 g/mol. The molecule has 0 atom stereocenters. The van der Waals surface area contributed by atoms with Gasteiger partial charge in [-0.2, -0.15) is 8.42 Å². The fourth-order valence-corrected chi connectivity index (χ4v) is 4.07. The van der Waals surface area contributed by atoms with Crippen molar-refractivity contribution in [2.45, 2.75) is 0 Å². The van der Waals surface area contributed by atoms with E-state index in [1.54, 1.807) is 0 Å². The summed E-state index contributed by atoms with van der Waals surface area (Å²) in [6, 6.07) is 33.8. The molecule has 0 unspecified atom stereocenters. The molecule has 0 aliphatic heterocycles. The van der Waals surface area contributed by atoms with Gasteiger partial charge in [0.2, 0.25) is 0 Å². The molecule has 0 bridgehead atoms. The largest absolute Gasteiger partial charge is 0.490 e. The first-order valence-corrected chi connectivity index (χ1v) is 13.5. The Kier molecular flexibility index (Phi) is 9.43. The summed E-state index contributed by atoms with van der Waals surface area (Å²) >= 11 is 0. The Hall–Kier alpha value is -4.23. The lowest BCUT2D eigenvalue weighted by Crippen LogP contribution is -2.12. The second-order valence-electron chi connectivity index (χ2n) is 8.31. The van der Waals surface area contributed by atoms with Crippen molar-refractivity contribution in [2.75, 3.05) is 13.2 Å². The molecule has 0 heterocycles. The van der Waals surface area contributed by atoms with Crippen LogP contribution in [0.15, 0.2) is 103 Å². The summed E-state index contributed by atoms with van der Waals surface area (Å²) in [6.45, 7) is -0.376. The second-order valence-corrected chi connectivity index (χ2v) is 9.40. The Balaban J connectivity index is 1.77. The van der Waals surface area contributed by atoms with Gasteiger partial charge in [0.15, 0.2) is 0 Å². The Morgan fingerprint density at radius 2 is 1.03 bits per heavy atom. The molecule has 0 saturated heterocycles. The average molecular weight is 525 g/mol. The van der Waals surface area contributed by atoms with Crippen molar-refractivity contribution >= 4 is 46.9 Å². The van der Waals surface area contributed by atoms with Crippen molar-refractivity contribution in [3.63, 3.8) is 0 Å². The maximum Gasteiger partial charge on any atom is 0.397 e. The molecular formula is C32H28O5S. The van der Waals surface area contributed by atoms with Gasteiger partial charge in [0.25, 0.3) is 0 Å². The molecule has 0 saturated carbocycles. The highest BCUT2D eigenvalue weighted by Crippen LogP contribution is 2.31. The van der Waals surface area contributed by atoms with Crippen LogP contribution in [0.3, 0.4) is 0 Å². The molecule has 0 spiro atoms. The summed E-state index contributed by atoms with van der Waals surface area (Å²) in [4.78, 5) is 0. The lowest BCUT2D eigenvalue weighted by Gasteiger charge is -2.14. The second kappa shape index (κ2) is 13.4. The minimum atomic E-state index is -4.54. The third-order valence-corrected chi connectivity index (χ3v) is 6.06. The predicted octanol–water partition coefficient (Wildman–Crippen LogP) is 7.40. The van der Waals surface area contributed by atoms with Crippen LogP contribution in [0.25, 0.3) is 36.5 Å². The molecule has 1 N–H and O–H groups in total. The molecule has 0 amide bonds. The smallest absolute Gasteiger partial charge is 0.397 e. The van der Waals surface area contributed by atoms with Crippen LogP contribution in [0.5, 0.6) is 5.75 Å². The SMILES string of the molecule is O=S(=O)(O)OCCOc1ccc(C=Cc2ccccc2)c(C=Cc2ccccc2)c1C=Cc1ccccc1. The van der Waals surface area contributed by atoms with Gasteiger partial charge in [-0.1, -0.05) is 134 Å². The molecule has 4 aromatic rings. The van der Waals surface area contributed by atoms with Gasteiger partial charge in [-0.15, -0.1) is 0 Å². The number of hydrogen-bond donors (Lipinski definition) is 1. The Morgan fingerprint density at radius 1 is 0.553 bits per heavy atom. The van der Waals surface area contributed by atoms with Gasteiger partial charge >= 0.3 is 10.4 Å². The van der Waals surface area contributed by atoms with Crippen molar-refractivity contribution in [3.8, 4) is 5.75 Å². The van der Waals surface area contributed by atoms with E-state index in [1.165, 1.54) is 0 Å². The van der Waals surface area contributed by atoms with E-state index in [0.29, 0.717) is 5.75 Å². The monoisotopic (exact) mass is 524 g/mol. The van der Waals surface area contributed by atoms with Crippen molar-refractivity contribution in [3.05, 3.63) is 137 Å². The summed E-state index contributed by atoms with van der Waals surface area (Å²) in [7, 11) is -4.54. The Bertz CT molecular complexity index is 1510. The van der Waals surface area contributed by atoms with E-state index >= 15 is 0 Å². The first-order valence-electron chi connectivity index (χ1n) is 12.1. The highest BCUT2D eigenvalue weighted by Gasteiger charge is 2.11. The maximum atomic E-state index is 10.9. The fourth-order valence-electron chi connectivity index (χ4n) is 3.79. The molecule has 0 fully saturated rings. The highest BCUT2D eigenvalue weighted by atomic mass is 32.3. The number of ether oxygens (including phenoxy) is 1. The minimum Gasteiger partial charge on any atom is -0.490 e. The van der Waals surface area contributed by atoms with Gasteiger partial charge in [0.1, 0.15) is 19.0 Å². The zero-order chi connectivity index (χ0) is 26.6. The van der Waals surface area contributed by atoms with Gasteiger partial charge in [-0.25, -0.2) is 4.18 Å². The third-order valence-electron chi connectivity index (χ3n) is 5.59. The van der Waals surface area contributed by atoms with Gasteiger partial charge in [0.05, 0.1) is 0 Å². The molecule has 38 heavy (non-hydrogen) atoms. The van der Waals surface area contributed by atoms with Crippen molar-refractivity contribution in [2.24, 2.45) is 0 Å². The van der Waals surface area contributed by atoms with Crippen LogP contribution < -0.4 is 4.74 Å². The molecule has 0 radical (unpaired) electrons. The van der Waals surface area contributed by atoms with Crippen LogP contribution in [-0.2, 0) is 14.6 Å². The van der Waals surface area contributed by atoms with E-state index in [4.69, 9.17) is 9.29 Å². The van der Waals surface area contributed by atoms with Crippen LogP contribution in [0, 0.1) is 0 Å². The van der Waals surface area contributed by atoms with Gasteiger partial charge in [-0.3, -0.25) is 4.55 Å². The van der Waals surface area contributed by atoms with Crippen LogP contribution in [0.4, 0.5) is 0 Å². The molecule has 0 aliphatic carbocycles. The van der Waals surface area contributed by atoms with Crippen molar-refractivity contribution < 1.29 is 21.9 Å². The average Bonchev–Trinajstić information content (AvgIpc) is 2.93. The lowest BCUT2D eigenvalue weighted by molar-refractivity contribution is 0.201. The van der Waals surface area contributed by atoms with E-state index in [-0.39, 0.29) is 13.2 Å². The number of hydrogen-bond acceptors (Lipinski definition) is 4. The zero-order valence-corrected chi connectivity index (χ0v) is 21.5. The maximum absolute atomic E-state index is 10.9. The fraction of sp³-hybridized carbons (Fsp3) is 0.0625. The Labute approximate surface area is 224 Å². The number of benzene rings is 4. The number of rotatable bonds is 11. The van der Waals surface area contributed by atoms with Crippen molar-refractivity contribution in [1.29, 1.82) is 0 Å². The van der Waals surface area contributed by atoms with E-state index in [9.17, 15) is 8.42 Å². The Morgan fingerprint density at radius 3 is 1.53 bits per heavy atom. The molecule has 192 valence electrons. The molecule has 5 nitrogen and oxygen atoms in total. The summed E-state index contributed by atoms with van der Waals surface area (Å²) in [5, 5.41) is 0. The minimum absolute atomic E-state index is 0.0625. The van der Waals surface area contributed by atoms with E-state index < -0.39 is 10.4 Å². The zero-order valence-electron chi connectivity index (χ0n) is 20.7. The summed E-state index contributed by atoms with van der Waals surface area (Å²) in [5.74, 6) is 0.556. The van der Waals surface area contributed by atoms with Gasteiger partial charge < -0.3 is 4.74 Å². The molecule has 4 aromatic carbocycles. The molecule has 6 heteroatoms. The summed E-state index contributed by atoms with van der Waals surface area (Å²) in [5.41, 5.74) is 5.89. The van der Waals surface area contributed by atoms with E-state index in [2.05, 4.69) is 16.3 Å². The predicted molar refractivity (Wildman–Crippen MR) is 156 cm³/mol. The quantitative estimate of drug-likeness (QED) is 0.126. The van der Waals surface area contributed by atoms with Gasteiger partial charge in [0, 0.05) is 5.56 Å². The lowest BCUT2D eigenvalue weighted by atomic mass is 9.96. The van der Waals surface area contributed by atoms with Crippen LogP contribution in [-0.4, -0.2) is 26.2 Å². The van der Waals surface area contributed by atoms with Gasteiger partial charge in [-0.05, 0) is 33.9 Å². The first kappa shape index (κ1) is 26.8. The molecule has 4 rings (SSSR count). The van der Waals surface area contributed by atoms with Crippen LogP contribution in [0.1, 0.15) is 33.4 Å². The normalized spacial score (nSPS) is 12.0. The topological polar surface area (TPSA) is 72.8 Å². The van der Waals surface area contributed by atoms with E-state index in [1.807, 2.05) is 127 Å². The third kappa shape index (κ3) is 8.42. The summed E-state index contributed by atoms with van der Waals surface area (Å²) in [6.07, 6.45) is 12.2. The summed E-state index contributed by atoms with van der Waals surface area (Å²) < 4.78 is 41.1. The highest BCUT2D eigenvalue weighted by molar-refractivity contribution is 7.80. The first-order chi connectivity index (χ1) is 18.5. The van der Waals surface area contributed by atoms with Crippen molar-refractivity contribution in [1.82, 2.24) is 0 Å². The van der Waals surface area contributed by atoms with Crippen LogP contribution >= 0.6 is 0 Å².